The highest BCUT2D eigenvalue weighted by atomic mass is 16.6. The SMILES string of the molecule is Cc1c(O)cccc1NC(=O)c1ccc([N+](=O)[O-])o1. The second kappa shape index (κ2) is 4.81. The van der Waals surface area contributed by atoms with Gasteiger partial charge in [0.15, 0.2) is 5.76 Å². The van der Waals surface area contributed by atoms with Crippen LogP contribution in [-0.4, -0.2) is 15.9 Å². The van der Waals surface area contributed by atoms with Gasteiger partial charge in [0, 0.05) is 11.3 Å². The average Bonchev–Trinajstić information content (AvgIpc) is 2.84. The standard InChI is InChI=1S/C12H10N2O5/c1-7-8(3-2-4-9(7)15)13-12(16)10-5-6-11(19-10)14(17)18/h2-6,15H,1H3,(H,13,16). The summed E-state index contributed by atoms with van der Waals surface area (Å²) in [7, 11) is 0. The van der Waals surface area contributed by atoms with Gasteiger partial charge in [-0.25, -0.2) is 0 Å². The van der Waals surface area contributed by atoms with Gasteiger partial charge in [-0.1, -0.05) is 6.07 Å². The molecule has 2 aromatic rings. The molecule has 1 aromatic heterocycles. The second-order valence-electron chi connectivity index (χ2n) is 3.80. The molecule has 19 heavy (non-hydrogen) atoms. The molecule has 0 spiro atoms. The smallest absolute Gasteiger partial charge is 0.433 e. The van der Waals surface area contributed by atoms with Crippen molar-refractivity contribution in [3.8, 4) is 5.75 Å². The van der Waals surface area contributed by atoms with E-state index in [1.54, 1.807) is 19.1 Å². The highest BCUT2D eigenvalue weighted by Crippen LogP contribution is 2.25. The molecule has 2 rings (SSSR count). The summed E-state index contributed by atoms with van der Waals surface area (Å²) >= 11 is 0. The van der Waals surface area contributed by atoms with Crippen LogP contribution in [0.4, 0.5) is 11.6 Å². The summed E-state index contributed by atoms with van der Waals surface area (Å²) in [5.74, 6) is -1.25. The summed E-state index contributed by atoms with van der Waals surface area (Å²) in [5, 5.41) is 22.4. The Bertz CT molecular complexity index is 647. The van der Waals surface area contributed by atoms with E-state index in [2.05, 4.69) is 5.32 Å². The average molecular weight is 262 g/mol. The van der Waals surface area contributed by atoms with Crippen molar-refractivity contribution in [1.82, 2.24) is 0 Å². The predicted molar refractivity (Wildman–Crippen MR) is 66.2 cm³/mol. The molecule has 0 unspecified atom stereocenters. The Hall–Kier alpha value is -2.83. The Labute approximate surface area is 107 Å². The van der Waals surface area contributed by atoms with E-state index < -0.39 is 16.7 Å². The molecule has 7 heteroatoms. The van der Waals surface area contributed by atoms with Crippen LogP contribution in [0, 0.1) is 17.0 Å². The zero-order chi connectivity index (χ0) is 14.0. The summed E-state index contributed by atoms with van der Waals surface area (Å²) in [6, 6.07) is 6.98. The molecule has 0 saturated heterocycles. The molecule has 0 aliphatic heterocycles. The van der Waals surface area contributed by atoms with Crippen LogP contribution in [0.3, 0.4) is 0 Å². The van der Waals surface area contributed by atoms with Crippen LogP contribution in [0.15, 0.2) is 34.7 Å². The first kappa shape index (κ1) is 12.6. The number of hydrogen-bond acceptors (Lipinski definition) is 5. The summed E-state index contributed by atoms with van der Waals surface area (Å²) in [6.07, 6.45) is 0. The number of nitro groups is 1. The summed E-state index contributed by atoms with van der Waals surface area (Å²) in [6.45, 7) is 1.63. The number of phenols is 1. The van der Waals surface area contributed by atoms with E-state index in [1.165, 1.54) is 12.1 Å². The maximum absolute atomic E-state index is 11.8. The molecule has 1 heterocycles. The van der Waals surface area contributed by atoms with E-state index in [4.69, 9.17) is 4.42 Å². The fourth-order valence-corrected chi connectivity index (χ4v) is 1.49. The fourth-order valence-electron chi connectivity index (χ4n) is 1.49. The maximum atomic E-state index is 11.8. The lowest BCUT2D eigenvalue weighted by atomic mass is 10.2. The number of carbonyl (C=O) groups excluding carboxylic acids is 1. The van der Waals surface area contributed by atoms with Crippen molar-refractivity contribution in [1.29, 1.82) is 0 Å². The monoisotopic (exact) mass is 262 g/mol. The first-order chi connectivity index (χ1) is 8.99. The molecule has 1 aromatic carbocycles. The van der Waals surface area contributed by atoms with Crippen molar-refractivity contribution in [3.05, 3.63) is 51.8 Å². The Kier molecular flexibility index (Phi) is 3.19. The fraction of sp³-hybridized carbons (Fsp3) is 0.0833. The second-order valence-corrected chi connectivity index (χ2v) is 3.80. The van der Waals surface area contributed by atoms with Crippen LogP contribution in [0.1, 0.15) is 16.1 Å². The first-order valence-electron chi connectivity index (χ1n) is 5.33. The van der Waals surface area contributed by atoms with Crippen LogP contribution in [0.25, 0.3) is 0 Å². The van der Waals surface area contributed by atoms with Crippen molar-refractivity contribution in [3.63, 3.8) is 0 Å². The lowest BCUT2D eigenvalue weighted by Gasteiger charge is -2.07. The molecule has 0 saturated carbocycles. The molecule has 0 radical (unpaired) electrons. The molecular weight excluding hydrogens is 252 g/mol. The molecule has 0 aliphatic rings. The van der Waals surface area contributed by atoms with Crippen LogP contribution in [-0.2, 0) is 0 Å². The molecule has 0 bridgehead atoms. The normalized spacial score (nSPS) is 10.2. The number of amides is 1. The highest BCUT2D eigenvalue weighted by molar-refractivity contribution is 6.03. The first-order valence-corrected chi connectivity index (χ1v) is 5.33. The molecule has 0 atom stereocenters. The van der Waals surface area contributed by atoms with Crippen molar-refractivity contribution in [2.24, 2.45) is 0 Å². The number of rotatable bonds is 3. The minimum atomic E-state index is -0.726. The van der Waals surface area contributed by atoms with Crippen LogP contribution < -0.4 is 5.32 Å². The lowest BCUT2D eigenvalue weighted by molar-refractivity contribution is -0.402. The third kappa shape index (κ3) is 2.54. The van der Waals surface area contributed by atoms with Crippen molar-refractivity contribution >= 4 is 17.5 Å². The number of carbonyl (C=O) groups is 1. The maximum Gasteiger partial charge on any atom is 0.433 e. The van der Waals surface area contributed by atoms with Gasteiger partial charge in [-0.3, -0.25) is 14.9 Å². The predicted octanol–water partition coefficient (Wildman–Crippen LogP) is 2.45. The van der Waals surface area contributed by atoms with Gasteiger partial charge >= 0.3 is 5.88 Å². The minimum absolute atomic E-state index is 0.0447. The summed E-state index contributed by atoms with van der Waals surface area (Å²) < 4.78 is 4.78. The molecule has 0 aliphatic carbocycles. The summed E-state index contributed by atoms with van der Waals surface area (Å²) in [4.78, 5) is 21.5. The van der Waals surface area contributed by atoms with Gasteiger partial charge in [-0.2, -0.15) is 0 Å². The highest BCUT2D eigenvalue weighted by Gasteiger charge is 2.18. The van der Waals surface area contributed by atoms with Gasteiger partial charge in [-0.05, 0) is 25.1 Å². The van der Waals surface area contributed by atoms with E-state index in [-0.39, 0.29) is 11.5 Å². The van der Waals surface area contributed by atoms with Gasteiger partial charge in [0.2, 0.25) is 0 Å². The molecule has 1 amide bonds. The third-order valence-corrected chi connectivity index (χ3v) is 2.55. The van der Waals surface area contributed by atoms with Crippen molar-refractivity contribution in [2.75, 3.05) is 5.32 Å². The Balaban J connectivity index is 2.21. The zero-order valence-electron chi connectivity index (χ0n) is 9.91. The molecule has 2 N–H and O–H groups in total. The number of benzene rings is 1. The lowest BCUT2D eigenvalue weighted by Crippen LogP contribution is -2.11. The molecule has 98 valence electrons. The van der Waals surface area contributed by atoms with Crippen LogP contribution in [0.5, 0.6) is 5.75 Å². The Morgan fingerprint density at radius 2 is 2.11 bits per heavy atom. The number of furan rings is 1. The van der Waals surface area contributed by atoms with E-state index >= 15 is 0 Å². The van der Waals surface area contributed by atoms with E-state index in [0.717, 1.165) is 6.07 Å². The number of nitrogens with one attached hydrogen (secondary N) is 1. The Morgan fingerprint density at radius 3 is 2.74 bits per heavy atom. The van der Waals surface area contributed by atoms with Gasteiger partial charge in [0.05, 0.1) is 6.07 Å². The van der Waals surface area contributed by atoms with Gasteiger partial charge < -0.3 is 14.8 Å². The molecular formula is C12H10N2O5. The minimum Gasteiger partial charge on any atom is -0.508 e. The van der Waals surface area contributed by atoms with E-state index in [9.17, 15) is 20.0 Å². The van der Waals surface area contributed by atoms with E-state index in [1.807, 2.05) is 0 Å². The summed E-state index contributed by atoms with van der Waals surface area (Å²) in [5.41, 5.74) is 0.904. The van der Waals surface area contributed by atoms with Crippen molar-refractivity contribution < 1.29 is 19.2 Å². The number of phenolic OH excluding ortho intramolecular Hbond substituents is 1. The van der Waals surface area contributed by atoms with Crippen molar-refractivity contribution in [2.45, 2.75) is 6.92 Å². The zero-order valence-corrected chi connectivity index (χ0v) is 9.91. The third-order valence-electron chi connectivity index (χ3n) is 2.55. The Morgan fingerprint density at radius 1 is 1.37 bits per heavy atom. The van der Waals surface area contributed by atoms with E-state index in [0.29, 0.717) is 11.3 Å². The van der Waals surface area contributed by atoms with Gasteiger partial charge in [-0.15, -0.1) is 0 Å². The molecule has 7 nitrogen and oxygen atoms in total. The van der Waals surface area contributed by atoms with Crippen LogP contribution >= 0.6 is 0 Å². The van der Waals surface area contributed by atoms with Gasteiger partial charge in [0.1, 0.15) is 10.7 Å². The largest absolute Gasteiger partial charge is 0.508 e. The topological polar surface area (TPSA) is 106 Å². The van der Waals surface area contributed by atoms with Crippen LogP contribution in [0.2, 0.25) is 0 Å². The number of hydrogen-bond donors (Lipinski definition) is 2. The number of aromatic hydroxyl groups is 1. The number of anilines is 1. The number of nitrogens with zero attached hydrogens (tertiary/aromatic N) is 1. The molecule has 0 fully saturated rings. The van der Waals surface area contributed by atoms with Gasteiger partial charge in [0.25, 0.3) is 5.91 Å². The quantitative estimate of drug-likeness (QED) is 0.652.